The summed E-state index contributed by atoms with van der Waals surface area (Å²) in [5.41, 5.74) is 4.69. The predicted molar refractivity (Wildman–Crippen MR) is 156 cm³/mol. The number of nitrogens with zero attached hydrogens (tertiary/aromatic N) is 2. The average Bonchev–Trinajstić information content (AvgIpc) is 3.68. The van der Waals surface area contributed by atoms with Crippen molar-refractivity contribution >= 4 is 42.5 Å². The van der Waals surface area contributed by atoms with Crippen LogP contribution in [0.2, 0.25) is 0 Å². The minimum atomic E-state index is -0.335. The van der Waals surface area contributed by atoms with Crippen LogP contribution in [0.15, 0.2) is 78.0 Å². The number of hydrogen-bond donors (Lipinski definition) is 2. The van der Waals surface area contributed by atoms with Crippen LogP contribution in [0, 0.1) is 0 Å². The highest BCUT2D eigenvalue weighted by Gasteiger charge is 2.33. The van der Waals surface area contributed by atoms with Gasteiger partial charge in [0.05, 0.1) is 30.4 Å². The number of pyridine rings is 1. The third-order valence-electron chi connectivity index (χ3n) is 7.71. The summed E-state index contributed by atoms with van der Waals surface area (Å²) in [5.74, 6) is -0.104. The Morgan fingerprint density at radius 1 is 1.03 bits per heavy atom. The fraction of sp³-hybridized carbons (Fsp3) is 0.226. The van der Waals surface area contributed by atoms with E-state index >= 15 is 0 Å². The summed E-state index contributed by atoms with van der Waals surface area (Å²) in [6.45, 7) is 2.47. The standard InChI is InChI=1S/C31H28N4O3Si/c1-18(38-2)29(39)31(37)35-11-3-4-28(35)26-15-23-9-7-22(14-25(23)30(36)34-26)20-5-6-21-13-24(10-8-19(21)12-20)27-16-32-17-33-27/h5-10,12-18,28H,3-4,11H2,1-2H3,(H,32,33)(H,34,36). The number of likely N-dealkylation sites (tertiary alicyclic amines) is 1. The Labute approximate surface area is 228 Å². The van der Waals surface area contributed by atoms with Gasteiger partial charge in [-0.25, -0.2) is 4.98 Å². The Bertz CT molecular complexity index is 1780. The molecule has 2 unspecified atom stereocenters. The monoisotopic (exact) mass is 532 g/mol. The van der Waals surface area contributed by atoms with Crippen LogP contribution >= 0.6 is 0 Å². The zero-order valence-corrected chi connectivity index (χ0v) is 22.8. The third-order valence-corrected chi connectivity index (χ3v) is 8.33. The molecule has 0 aliphatic carbocycles. The molecule has 7 nitrogen and oxygen atoms in total. The van der Waals surface area contributed by atoms with E-state index in [1.807, 2.05) is 42.3 Å². The van der Waals surface area contributed by atoms with E-state index in [1.165, 1.54) is 0 Å². The molecule has 0 spiro atoms. The number of carbonyl (C=O) groups is 1. The minimum absolute atomic E-state index is 0.104. The quantitative estimate of drug-likeness (QED) is 0.308. The number of benzene rings is 3. The lowest BCUT2D eigenvalue weighted by atomic mass is 9.97. The Hall–Kier alpha value is -4.14. The average molecular weight is 533 g/mol. The molecule has 194 valence electrons. The number of methoxy groups -OCH3 is 1. The summed E-state index contributed by atoms with van der Waals surface area (Å²) in [6, 6.07) is 20.5. The van der Waals surface area contributed by atoms with E-state index in [0.717, 1.165) is 57.1 Å². The molecule has 3 aromatic carbocycles. The zero-order valence-electron chi connectivity index (χ0n) is 21.8. The van der Waals surface area contributed by atoms with Gasteiger partial charge in [-0.15, -0.1) is 0 Å². The maximum atomic E-state index is 13.3. The maximum Gasteiger partial charge on any atom is 0.256 e. The molecule has 1 amide bonds. The number of aromatic nitrogens is 3. The molecule has 2 atom stereocenters. The van der Waals surface area contributed by atoms with Crippen molar-refractivity contribution in [2.45, 2.75) is 31.9 Å². The topological polar surface area (TPSA) is 91.1 Å². The summed E-state index contributed by atoms with van der Waals surface area (Å²) in [6.07, 6.45) is 4.83. The molecule has 1 saturated heterocycles. The van der Waals surface area contributed by atoms with E-state index in [4.69, 9.17) is 4.74 Å². The highest BCUT2D eigenvalue weighted by Crippen LogP contribution is 2.33. The van der Waals surface area contributed by atoms with Gasteiger partial charge >= 0.3 is 0 Å². The highest BCUT2D eigenvalue weighted by atomic mass is 28.1. The number of nitrogens with one attached hydrogen (secondary N) is 2. The normalized spacial score (nSPS) is 16.2. The summed E-state index contributed by atoms with van der Waals surface area (Å²) in [4.78, 5) is 38.5. The van der Waals surface area contributed by atoms with Crippen molar-refractivity contribution in [1.29, 1.82) is 0 Å². The van der Waals surface area contributed by atoms with Crippen LogP contribution in [-0.2, 0) is 9.53 Å². The minimum Gasteiger partial charge on any atom is -0.377 e. The van der Waals surface area contributed by atoms with Crippen molar-refractivity contribution in [2.24, 2.45) is 0 Å². The second-order valence-corrected chi connectivity index (χ2v) is 10.6. The van der Waals surface area contributed by atoms with Gasteiger partial charge in [-0.1, -0.05) is 36.4 Å². The number of carbonyl (C=O) groups excluding carboxylic acids is 1. The summed E-state index contributed by atoms with van der Waals surface area (Å²) >= 11 is 0. The van der Waals surface area contributed by atoms with Crippen LogP contribution in [0.25, 0.3) is 43.9 Å². The van der Waals surface area contributed by atoms with Crippen LogP contribution in [0.5, 0.6) is 0 Å². The molecule has 2 aromatic heterocycles. The summed E-state index contributed by atoms with van der Waals surface area (Å²) in [5, 5.41) is 4.21. The van der Waals surface area contributed by atoms with E-state index in [1.54, 1.807) is 13.4 Å². The molecule has 1 fully saturated rings. The lowest BCUT2D eigenvalue weighted by Crippen LogP contribution is -2.41. The smallest absolute Gasteiger partial charge is 0.256 e. The van der Waals surface area contributed by atoms with Gasteiger partial charge in [0.1, 0.15) is 0 Å². The Morgan fingerprint density at radius 3 is 2.44 bits per heavy atom. The van der Waals surface area contributed by atoms with Crippen molar-refractivity contribution in [2.75, 3.05) is 13.7 Å². The molecule has 8 heteroatoms. The molecule has 1 aliphatic heterocycles. The van der Waals surface area contributed by atoms with Gasteiger partial charge in [0.25, 0.3) is 5.56 Å². The van der Waals surface area contributed by atoms with Crippen LogP contribution in [0.1, 0.15) is 31.5 Å². The molecular formula is C31H28N4O3Si. The fourth-order valence-corrected chi connectivity index (χ4v) is 5.69. The number of rotatable bonds is 6. The van der Waals surface area contributed by atoms with Crippen LogP contribution in [0.4, 0.5) is 0 Å². The van der Waals surface area contributed by atoms with E-state index in [2.05, 4.69) is 61.2 Å². The van der Waals surface area contributed by atoms with E-state index in [-0.39, 0.29) is 23.6 Å². The Morgan fingerprint density at radius 2 is 1.72 bits per heavy atom. The van der Waals surface area contributed by atoms with Crippen LogP contribution in [0.3, 0.4) is 0 Å². The van der Waals surface area contributed by atoms with Crippen molar-refractivity contribution in [3.8, 4) is 22.4 Å². The molecule has 0 saturated carbocycles. The molecule has 0 bridgehead atoms. The number of imidazole rings is 1. The lowest BCUT2D eigenvalue weighted by molar-refractivity contribution is -0.125. The van der Waals surface area contributed by atoms with Gasteiger partial charge in [-0.3, -0.25) is 9.59 Å². The SMILES string of the molecule is COC(C)C(=[Si])C(=O)N1CCCC1c1cc2ccc(-c3ccc4cc(-c5cnc[nH]5)ccc4c3)cc2c(=O)[nH]1. The molecule has 1 aliphatic rings. The molecular weight excluding hydrogens is 504 g/mol. The number of ether oxygens (including phenoxy) is 1. The van der Waals surface area contributed by atoms with Crippen molar-refractivity contribution < 1.29 is 9.53 Å². The molecule has 5 aromatic rings. The molecule has 3 heterocycles. The first-order valence-corrected chi connectivity index (χ1v) is 13.5. The second kappa shape index (κ2) is 10.2. The number of fused-ring (bicyclic) bond motifs is 2. The second-order valence-electron chi connectivity index (χ2n) is 10.0. The molecule has 2 N–H and O–H groups in total. The Kier molecular flexibility index (Phi) is 6.58. The van der Waals surface area contributed by atoms with Gasteiger partial charge in [-0.05, 0) is 71.3 Å². The predicted octanol–water partition coefficient (Wildman–Crippen LogP) is 4.78. The van der Waals surface area contributed by atoms with Crippen molar-refractivity contribution in [3.63, 3.8) is 0 Å². The summed E-state index contributed by atoms with van der Waals surface area (Å²) in [7, 11) is 5.05. The van der Waals surface area contributed by atoms with Gasteiger partial charge in [0.15, 0.2) is 0 Å². The summed E-state index contributed by atoms with van der Waals surface area (Å²) < 4.78 is 5.31. The number of H-pyrrole nitrogens is 2. The highest BCUT2D eigenvalue weighted by molar-refractivity contribution is 6.63. The first-order chi connectivity index (χ1) is 18.9. The van der Waals surface area contributed by atoms with Gasteiger partial charge in [-0.2, -0.15) is 0 Å². The maximum absolute atomic E-state index is 13.3. The molecule has 2 radical (unpaired) electrons. The van der Waals surface area contributed by atoms with Crippen molar-refractivity contribution in [1.82, 2.24) is 19.9 Å². The molecule has 6 rings (SSSR count). The van der Waals surface area contributed by atoms with E-state index < -0.39 is 0 Å². The van der Waals surface area contributed by atoms with Gasteiger partial charge in [0, 0.05) is 45.3 Å². The molecule has 39 heavy (non-hydrogen) atoms. The largest absolute Gasteiger partial charge is 0.377 e. The van der Waals surface area contributed by atoms with Crippen LogP contribution < -0.4 is 5.56 Å². The van der Waals surface area contributed by atoms with Gasteiger partial charge in [0.2, 0.25) is 5.91 Å². The fourth-order valence-electron chi connectivity index (χ4n) is 5.43. The van der Waals surface area contributed by atoms with E-state index in [9.17, 15) is 9.59 Å². The first kappa shape index (κ1) is 25.2. The Balaban J connectivity index is 1.31. The van der Waals surface area contributed by atoms with E-state index in [0.29, 0.717) is 17.1 Å². The van der Waals surface area contributed by atoms with Crippen LogP contribution in [-0.4, -0.2) is 60.5 Å². The van der Waals surface area contributed by atoms with Gasteiger partial charge < -0.3 is 19.6 Å². The zero-order chi connectivity index (χ0) is 27.1. The number of aromatic amines is 2. The number of hydrogen-bond acceptors (Lipinski definition) is 4. The number of amides is 1. The lowest BCUT2D eigenvalue weighted by Gasteiger charge is -2.27. The first-order valence-electron chi connectivity index (χ1n) is 13.0. The van der Waals surface area contributed by atoms with Crippen molar-refractivity contribution in [3.05, 3.63) is 89.2 Å². The third kappa shape index (κ3) is 4.66.